The van der Waals surface area contributed by atoms with Crippen LogP contribution in [0.4, 0.5) is 10.8 Å². The molecule has 1 amide bonds. The number of carbonyl (C=O) groups is 1. The van der Waals surface area contributed by atoms with Gasteiger partial charge < -0.3 is 4.57 Å². The van der Waals surface area contributed by atoms with Crippen LogP contribution in [0, 0.1) is 6.92 Å². The standard InChI is InChI=1S/C15H17N7O3S3/c1-9-17-19-14(27-9)16-12(23)8-26-15-20-18-13(22(15)2)10-4-6-11(7-5-10)21-28(3,24)25/h4-7,21H,8H2,1-3H3,(H,16,19,23). The Morgan fingerprint density at radius 2 is 1.89 bits per heavy atom. The van der Waals surface area contributed by atoms with E-state index in [2.05, 4.69) is 30.4 Å². The second-order valence-electron chi connectivity index (χ2n) is 5.78. The van der Waals surface area contributed by atoms with Gasteiger partial charge in [0, 0.05) is 18.3 Å². The van der Waals surface area contributed by atoms with Gasteiger partial charge in [-0.3, -0.25) is 14.8 Å². The van der Waals surface area contributed by atoms with Crippen LogP contribution < -0.4 is 10.0 Å². The van der Waals surface area contributed by atoms with Gasteiger partial charge in [-0.15, -0.1) is 20.4 Å². The summed E-state index contributed by atoms with van der Waals surface area (Å²) in [6.07, 6.45) is 1.09. The van der Waals surface area contributed by atoms with E-state index in [9.17, 15) is 13.2 Å². The number of benzene rings is 1. The average molecular weight is 440 g/mol. The molecule has 2 heterocycles. The molecule has 0 spiro atoms. The van der Waals surface area contributed by atoms with Crippen LogP contribution in [0.15, 0.2) is 29.4 Å². The van der Waals surface area contributed by atoms with Gasteiger partial charge in [0.2, 0.25) is 21.1 Å². The average Bonchev–Trinajstić information content (AvgIpc) is 3.18. The highest BCUT2D eigenvalue weighted by molar-refractivity contribution is 7.99. The zero-order valence-electron chi connectivity index (χ0n) is 15.2. The molecule has 0 bridgehead atoms. The van der Waals surface area contributed by atoms with Gasteiger partial charge in [0.1, 0.15) is 5.01 Å². The summed E-state index contributed by atoms with van der Waals surface area (Å²) in [4.78, 5) is 12.0. The molecule has 3 aromatic rings. The van der Waals surface area contributed by atoms with Crippen LogP contribution in [0.1, 0.15) is 5.01 Å². The highest BCUT2D eigenvalue weighted by Gasteiger charge is 2.14. The lowest BCUT2D eigenvalue weighted by Gasteiger charge is -2.06. The molecule has 0 saturated carbocycles. The molecule has 10 nitrogen and oxygen atoms in total. The van der Waals surface area contributed by atoms with Gasteiger partial charge >= 0.3 is 0 Å². The van der Waals surface area contributed by atoms with Gasteiger partial charge in [-0.2, -0.15) is 0 Å². The molecule has 3 rings (SSSR count). The van der Waals surface area contributed by atoms with E-state index >= 15 is 0 Å². The van der Waals surface area contributed by atoms with Crippen LogP contribution in [0.2, 0.25) is 0 Å². The molecule has 0 aliphatic carbocycles. The Bertz CT molecular complexity index is 1090. The van der Waals surface area contributed by atoms with Crippen LogP contribution in [0.25, 0.3) is 11.4 Å². The second kappa shape index (κ2) is 8.24. The third kappa shape index (κ3) is 5.27. The topological polar surface area (TPSA) is 132 Å². The molecule has 0 saturated heterocycles. The summed E-state index contributed by atoms with van der Waals surface area (Å²) in [5.41, 5.74) is 1.24. The molecular formula is C15H17N7O3S3. The smallest absolute Gasteiger partial charge is 0.236 e. The van der Waals surface area contributed by atoms with Crippen molar-refractivity contribution in [3.63, 3.8) is 0 Å². The number of carbonyl (C=O) groups excluding carboxylic acids is 1. The van der Waals surface area contributed by atoms with E-state index in [4.69, 9.17) is 0 Å². The molecule has 28 heavy (non-hydrogen) atoms. The molecular weight excluding hydrogens is 422 g/mol. The zero-order valence-corrected chi connectivity index (χ0v) is 17.7. The van der Waals surface area contributed by atoms with Crippen molar-refractivity contribution in [3.8, 4) is 11.4 Å². The van der Waals surface area contributed by atoms with Crippen molar-refractivity contribution in [2.24, 2.45) is 7.05 Å². The highest BCUT2D eigenvalue weighted by atomic mass is 32.2. The maximum Gasteiger partial charge on any atom is 0.236 e. The normalized spacial score (nSPS) is 11.4. The van der Waals surface area contributed by atoms with Gasteiger partial charge in [-0.25, -0.2) is 8.42 Å². The Morgan fingerprint density at radius 3 is 2.50 bits per heavy atom. The number of hydrogen-bond donors (Lipinski definition) is 2. The van der Waals surface area contributed by atoms with Crippen molar-refractivity contribution >= 4 is 49.8 Å². The Kier molecular flexibility index (Phi) is 5.96. The largest absolute Gasteiger partial charge is 0.305 e. The first-order chi connectivity index (χ1) is 13.2. The number of aromatic nitrogens is 5. The number of thioether (sulfide) groups is 1. The molecule has 13 heteroatoms. The molecule has 0 aliphatic rings. The van der Waals surface area contributed by atoms with Crippen LogP contribution >= 0.6 is 23.1 Å². The van der Waals surface area contributed by atoms with Crippen LogP contribution in [0.5, 0.6) is 0 Å². The van der Waals surface area contributed by atoms with Gasteiger partial charge in [-0.1, -0.05) is 23.1 Å². The van der Waals surface area contributed by atoms with Crippen molar-refractivity contribution < 1.29 is 13.2 Å². The van der Waals surface area contributed by atoms with Crippen LogP contribution in [-0.2, 0) is 21.9 Å². The van der Waals surface area contributed by atoms with Crippen molar-refractivity contribution in [2.75, 3.05) is 22.0 Å². The molecule has 1 aromatic carbocycles. The summed E-state index contributed by atoms with van der Waals surface area (Å²) in [5, 5.41) is 20.5. The Morgan fingerprint density at radius 1 is 1.18 bits per heavy atom. The number of nitrogens with zero attached hydrogens (tertiary/aromatic N) is 5. The number of sulfonamides is 1. The Labute approximate surface area is 169 Å². The maximum absolute atomic E-state index is 12.0. The summed E-state index contributed by atoms with van der Waals surface area (Å²) in [7, 11) is -1.53. The number of rotatable bonds is 7. The first-order valence-corrected chi connectivity index (χ1v) is 11.6. The second-order valence-corrected chi connectivity index (χ2v) is 9.65. The van der Waals surface area contributed by atoms with Crippen molar-refractivity contribution in [3.05, 3.63) is 29.3 Å². The quantitative estimate of drug-likeness (QED) is 0.532. The van der Waals surface area contributed by atoms with E-state index < -0.39 is 10.0 Å². The number of hydrogen-bond acceptors (Lipinski definition) is 9. The minimum atomic E-state index is -3.33. The van der Waals surface area contributed by atoms with Crippen molar-refractivity contribution in [1.29, 1.82) is 0 Å². The van der Waals surface area contributed by atoms with Gasteiger partial charge in [0.25, 0.3) is 0 Å². The fourth-order valence-corrected chi connectivity index (χ4v) is 4.11. The van der Waals surface area contributed by atoms with E-state index in [-0.39, 0.29) is 11.7 Å². The SMILES string of the molecule is Cc1nnc(NC(=O)CSc2nnc(-c3ccc(NS(C)(=O)=O)cc3)n2C)s1. The molecule has 148 valence electrons. The van der Waals surface area contributed by atoms with E-state index in [1.54, 1.807) is 35.9 Å². The fourth-order valence-electron chi connectivity index (χ4n) is 2.23. The van der Waals surface area contributed by atoms with E-state index in [0.717, 1.165) is 16.8 Å². The Hall–Kier alpha value is -2.51. The fraction of sp³-hybridized carbons (Fsp3) is 0.267. The van der Waals surface area contributed by atoms with E-state index in [1.165, 1.54) is 23.1 Å². The predicted octanol–water partition coefficient (Wildman–Crippen LogP) is 1.74. The molecule has 0 fully saturated rings. The minimum absolute atomic E-state index is 0.155. The number of aryl methyl sites for hydroxylation is 1. The number of amides is 1. The lowest BCUT2D eigenvalue weighted by Crippen LogP contribution is -2.14. The monoisotopic (exact) mass is 439 g/mol. The third-order valence-corrected chi connectivity index (χ3v) is 5.77. The first-order valence-electron chi connectivity index (χ1n) is 7.91. The van der Waals surface area contributed by atoms with E-state index in [1.807, 2.05) is 6.92 Å². The molecule has 0 aliphatic heterocycles. The Balaban J connectivity index is 1.64. The number of anilines is 2. The summed E-state index contributed by atoms with van der Waals surface area (Å²) >= 11 is 2.56. The molecule has 0 unspecified atom stereocenters. The highest BCUT2D eigenvalue weighted by Crippen LogP contribution is 2.24. The summed E-state index contributed by atoms with van der Waals surface area (Å²) in [6.45, 7) is 1.81. The van der Waals surface area contributed by atoms with E-state index in [0.29, 0.717) is 21.8 Å². The summed E-state index contributed by atoms with van der Waals surface area (Å²) in [6, 6.07) is 6.79. The minimum Gasteiger partial charge on any atom is -0.305 e. The third-order valence-electron chi connectivity index (χ3n) is 3.39. The molecule has 0 radical (unpaired) electrons. The van der Waals surface area contributed by atoms with Gasteiger partial charge in [0.15, 0.2) is 11.0 Å². The number of nitrogens with one attached hydrogen (secondary N) is 2. The summed E-state index contributed by atoms with van der Waals surface area (Å²) in [5.74, 6) is 0.553. The van der Waals surface area contributed by atoms with Crippen LogP contribution in [0.3, 0.4) is 0 Å². The van der Waals surface area contributed by atoms with Crippen molar-refractivity contribution in [1.82, 2.24) is 25.0 Å². The lowest BCUT2D eigenvalue weighted by atomic mass is 10.2. The van der Waals surface area contributed by atoms with Crippen LogP contribution in [-0.4, -0.2) is 51.3 Å². The lowest BCUT2D eigenvalue weighted by molar-refractivity contribution is -0.113. The molecule has 2 N–H and O–H groups in total. The zero-order chi connectivity index (χ0) is 20.3. The first kappa shape index (κ1) is 20.2. The van der Waals surface area contributed by atoms with Crippen molar-refractivity contribution in [2.45, 2.75) is 12.1 Å². The molecule has 2 aromatic heterocycles. The van der Waals surface area contributed by atoms with Gasteiger partial charge in [0.05, 0.1) is 12.0 Å². The molecule has 0 atom stereocenters. The van der Waals surface area contributed by atoms with Gasteiger partial charge in [-0.05, 0) is 31.2 Å². The maximum atomic E-state index is 12.0. The summed E-state index contributed by atoms with van der Waals surface area (Å²) < 4.78 is 26.7. The predicted molar refractivity (Wildman–Crippen MR) is 109 cm³/mol.